The van der Waals surface area contributed by atoms with Crippen LogP contribution >= 0.6 is 0 Å². The largest absolute Gasteiger partial charge is 0.481 e. The number of aliphatic carboxylic acids is 1. The third-order valence-corrected chi connectivity index (χ3v) is 3.76. The monoisotopic (exact) mass is 290 g/mol. The zero-order valence-electron chi connectivity index (χ0n) is 12.0. The molecule has 1 heterocycles. The van der Waals surface area contributed by atoms with Crippen molar-refractivity contribution in [2.24, 2.45) is 11.8 Å². The van der Waals surface area contributed by atoms with Crippen LogP contribution in [0.5, 0.6) is 0 Å². The molecule has 1 saturated heterocycles. The number of nitrogens with zero attached hydrogens (tertiary/aromatic N) is 1. The Hall–Kier alpha value is -2.37. The van der Waals surface area contributed by atoms with Crippen LogP contribution in [0.1, 0.15) is 24.2 Å². The van der Waals surface area contributed by atoms with Crippen LogP contribution in [-0.2, 0) is 4.79 Å². The van der Waals surface area contributed by atoms with E-state index in [1.54, 1.807) is 24.3 Å². The predicted octanol–water partition coefficient (Wildman–Crippen LogP) is 2.07. The second kappa shape index (κ2) is 5.95. The molecule has 112 valence electrons. The number of hydrogen-bond donors (Lipinski definition) is 2. The number of anilines is 1. The molecule has 0 aliphatic carbocycles. The quantitative estimate of drug-likeness (QED) is 0.834. The fourth-order valence-electron chi connectivity index (χ4n) is 2.44. The SMILES string of the molecule is CC(=O)c1ccc(NC(=O)N2C[C@@H](C)[C@H](C(=O)O)C2)cc1. The first-order chi connectivity index (χ1) is 9.88. The van der Waals surface area contributed by atoms with Gasteiger partial charge < -0.3 is 15.3 Å². The number of hydrogen-bond acceptors (Lipinski definition) is 3. The van der Waals surface area contributed by atoms with Gasteiger partial charge in [0.15, 0.2) is 5.78 Å². The second-order valence-corrected chi connectivity index (χ2v) is 5.39. The van der Waals surface area contributed by atoms with Crippen LogP contribution in [0.2, 0.25) is 0 Å². The Morgan fingerprint density at radius 1 is 1.19 bits per heavy atom. The molecule has 0 aromatic heterocycles. The molecule has 1 aliphatic heterocycles. The number of carboxylic acid groups (broad SMARTS) is 1. The van der Waals surface area contributed by atoms with Crippen LogP contribution in [0.15, 0.2) is 24.3 Å². The van der Waals surface area contributed by atoms with Gasteiger partial charge in [-0.25, -0.2) is 4.79 Å². The molecule has 2 rings (SSSR count). The molecule has 1 aromatic rings. The normalized spacial score (nSPS) is 21.1. The lowest BCUT2D eigenvalue weighted by Gasteiger charge is -2.17. The van der Waals surface area contributed by atoms with Crippen LogP contribution in [-0.4, -0.2) is 40.9 Å². The highest BCUT2D eigenvalue weighted by molar-refractivity contribution is 5.95. The highest BCUT2D eigenvalue weighted by Gasteiger charge is 2.36. The van der Waals surface area contributed by atoms with E-state index < -0.39 is 11.9 Å². The number of carbonyl (C=O) groups excluding carboxylic acids is 2. The summed E-state index contributed by atoms with van der Waals surface area (Å²) >= 11 is 0. The van der Waals surface area contributed by atoms with E-state index in [1.165, 1.54) is 11.8 Å². The molecule has 0 radical (unpaired) electrons. The zero-order chi connectivity index (χ0) is 15.6. The van der Waals surface area contributed by atoms with E-state index in [2.05, 4.69) is 5.32 Å². The summed E-state index contributed by atoms with van der Waals surface area (Å²) < 4.78 is 0. The van der Waals surface area contributed by atoms with Gasteiger partial charge in [0, 0.05) is 24.3 Å². The molecular weight excluding hydrogens is 272 g/mol. The van der Waals surface area contributed by atoms with Gasteiger partial charge in [0.05, 0.1) is 5.92 Å². The molecule has 1 fully saturated rings. The van der Waals surface area contributed by atoms with E-state index >= 15 is 0 Å². The van der Waals surface area contributed by atoms with Crippen molar-refractivity contribution in [1.82, 2.24) is 4.90 Å². The molecule has 6 heteroatoms. The number of Topliss-reactive ketones (excluding diaryl/α,β-unsaturated/α-hetero) is 1. The summed E-state index contributed by atoms with van der Waals surface area (Å²) in [4.78, 5) is 35.8. The molecule has 1 aromatic carbocycles. The fraction of sp³-hybridized carbons (Fsp3) is 0.400. The summed E-state index contributed by atoms with van der Waals surface area (Å²) in [6.07, 6.45) is 0. The van der Waals surface area contributed by atoms with E-state index in [0.717, 1.165) is 0 Å². The Bertz CT molecular complexity index is 568. The summed E-state index contributed by atoms with van der Waals surface area (Å²) in [6, 6.07) is 6.28. The first kappa shape index (κ1) is 15.0. The Morgan fingerprint density at radius 3 is 2.29 bits per heavy atom. The van der Waals surface area contributed by atoms with Crippen molar-refractivity contribution in [2.75, 3.05) is 18.4 Å². The molecule has 0 unspecified atom stereocenters. The minimum Gasteiger partial charge on any atom is -0.481 e. The van der Waals surface area contributed by atoms with Crippen molar-refractivity contribution < 1.29 is 19.5 Å². The van der Waals surface area contributed by atoms with Gasteiger partial charge in [-0.1, -0.05) is 6.92 Å². The minimum absolute atomic E-state index is 0.0365. The Kier molecular flexibility index (Phi) is 4.26. The first-order valence-electron chi connectivity index (χ1n) is 6.78. The van der Waals surface area contributed by atoms with Gasteiger partial charge in [-0.3, -0.25) is 9.59 Å². The lowest BCUT2D eigenvalue weighted by Crippen LogP contribution is -2.33. The maximum atomic E-state index is 12.1. The topological polar surface area (TPSA) is 86.7 Å². The molecule has 2 atom stereocenters. The van der Waals surface area contributed by atoms with E-state index in [-0.39, 0.29) is 24.3 Å². The number of ketones is 1. The van der Waals surface area contributed by atoms with Crippen molar-refractivity contribution in [3.05, 3.63) is 29.8 Å². The molecule has 0 bridgehead atoms. The summed E-state index contributed by atoms with van der Waals surface area (Å²) in [6.45, 7) is 3.95. The third kappa shape index (κ3) is 3.39. The Balaban J connectivity index is 1.99. The fourth-order valence-corrected chi connectivity index (χ4v) is 2.44. The van der Waals surface area contributed by atoms with Gasteiger partial charge in [-0.15, -0.1) is 0 Å². The van der Waals surface area contributed by atoms with Crippen LogP contribution in [0, 0.1) is 11.8 Å². The van der Waals surface area contributed by atoms with Crippen LogP contribution < -0.4 is 5.32 Å². The molecule has 1 aliphatic rings. The number of urea groups is 1. The predicted molar refractivity (Wildman–Crippen MR) is 77.3 cm³/mol. The standard InChI is InChI=1S/C15H18N2O4/c1-9-7-17(8-13(9)14(19)20)15(21)16-12-5-3-11(4-6-12)10(2)18/h3-6,9,13H,7-8H2,1-2H3,(H,16,21)(H,19,20)/t9-,13-/m1/s1. The minimum atomic E-state index is -0.872. The van der Waals surface area contributed by atoms with Gasteiger partial charge in [0.1, 0.15) is 0 Å². The molecule has 21 heavy (non-hydrogen) atoms. The molecule has 0 spiro atoms. The highest BCUT2D eigenvalue weighted by Crippen LogP contribution is 2.24. The van der Waals surface area contributed by atoms with Crippen LogP contribution in [0.3, 0.4) is 0 Å². The van der Waals surface area contributed by atoms with Crippen LogP contribution in [0.25, 0.3) is 0 Å². The van der Waals surface area contributed by atoms with E-state index in [4.69, 9.17) is 5.11 Å². The van der Waals surface area contributed by atoms with E-state index in [9.17, 15) is 14.4 Å². The molecule has 2 amide bonds. The summed E-state index contributed by atoms with van der Waals surface area (Å²) in [5.41, 5.74) is 1.16. The first-order valence-corrected chi connectivity index (χ1v) is 6.78. The van der Waals surface area contributed by atoms with Crippen molar-refractivity contribution in [1.29, 1.82) is 0 Å². The lowest BCUT2D eigenvalue weighted by molar-refractivity contribution is -0.142. The van der Waals surface area contributed by atoms with E-state index in [0.29, 0.717) is 17.8 Å². The summed E-state index contributed by atoms with van der Waals surface area (Å²) in [5, 5.41) is 11.8. The van der Waals surface area contributed by atoms with Gasteiger partial charge in [-0.05, 0) is 37.1 Å². The molecule has 6 nitrogen and oxygen atoms in total. The van der Waals surface area contributed by atoms with Gasteiger partial charge in [-0.2, -0.15) is 0 Å². The second-order valence-electron chi connectivity index (χ2n) is 5.39. The Labute approximate surface area is 122 Å². The number of carboxylic acids is 1. The maximum Gasteiger partial charge on any atom is 0.321 e. The number of nitrogens with one attached hydrogen (secondary N) is 1. The van der Waals surface area contributed by atoms with E-state index in [1.807, 2.05) is 6.92 Å². The smallest absolute Gasteiger partial charge is 0.321 e. The van der Waals surface area contributed by atoms with Crippen molar-refractivity contribution >= 4 is 23.5 Å². The van der Waals surface area contributed by atoms with Crippen molar-refractivity contribution in [3.8, 4) is 0 Å². The van der Waals surface area contributed by atoms with Crippen molar-refractivity contribution in [2.45, 2.75) is 13.8 Å². The number of carbonyl (C=O) groups is 3. The zero-order valence-corrected chi connectivity index (χ0v) is 12.0. The van der Waals surface area contributed by atoms with Gasteiger partial charge in [0.25, 0.3) is 0 Å². The summed E-state index contributed by atoms with van der Waals surface area (Å²) in [5.74, 6) is -1.49. The number of benzene rings is 1. The third-order valence-electron chi connectivity index (χ3n) is 3.76. The lowest BCUT2D eigenvalue weighted by atomic mass is 9.99. The number of amides is 2. The Morgan fingerprint density at radius 2 is 1.81 bits per heavy atom. The average molecular weight is 290 g/mol. The van der Waals surface area contributed by atoms with Gasteiger partial charge in [0.2, 0.25) is 0 Å². The molecular formula is C15H18N2O4. The number of likely N-dealkylation sites (tertiary alicyclic amines) is 1. The van der Waals surface area contributed by atoms with Crippen molar-refractivity contribution in [3.63, 3.8) is 0 Å². The average Bonchev–Trinajstić information content (AvgIpc) is 2.81. The number of rotatable bonds is 3. The highest BCUT2D eigenvalue weighted by atomic mass is 16.4. The maximum absolute atomic E-state index is 12.1. The van der Waals surface area contributed by atoms with Crippen LogP contribution in [0.4, 0.5) is 10.5 Å². The summed E-state index contributed by atoms with van der Waals surface area (Å²) in [7, 11) is 0. The molecule has 2 N–H and O–H groups in total. The molecule has 0 saturated carbocycles. The van der Waals surface area contributed by atoms with Gasteiger partial charge >= 0.3 is 12.0 Å².